The predicted molar refractivity (Wildman–Crippen MR) is 110 cm³/mol. The van der Waals surface area contributed by atoms with Crippen LogP contribution in [0.2, 0.25) is 0 Å². The van der Waals surface area contributed by atoms with Gasteiger partial charge in [-0.15, -0.1) is 0 Å². The molecule has 1 unspecified atom stereocenters. The summed E-state index contributed by atoms with van der Waals surface area (Å²) < 4.78 is 16.0. The van der Waals surface area contributed by atoms with Gasteiger partial charge in [0.15, 0.2) is 12.0 Å². The lowest BCUT2D eigenvalue weighted by Crippen LogP contribution is -2.38. The number of rotatable bonds is 5. The summed E-state index contributed by atoms with van der Waals surface area (Å²) in [6.07, 6.45) is -1.34. The topological polar surface area (TPSA) is 88.3 Å². The fraction of sp³-hybridized carbons (Fsp3) is 0.400. The Bertz CT molecular complexity index is 963. The Morgan fingerprint density at radius 3 is 2.48 bits per heavy atom. The van der Waals surface area contributed by atoms with Crippen LogP contribution in [0.4, 0.5) is 11.5 Å². The number of anilines is 2. The Balaban J connectivity index is 1.97. The lowest BCUT2D eigenvalue weighted by atomic mass is 9.93. The second kappa shape index (κ2) is 7.61. The third-order valence-corrected chi connectivity index (χ3v) is 5.07. The molecule has 0 spiro atoms. The second-order valence-electron chi connectivity index (χ2n) is 7.64. The van der Waals surface area contributed by atoms with Crippen LogP contribution in [-0.4, -0.2) is 43.7 Å². The van der Waals surface area contributed by atoms with Crippen LogP contribution in [0.5, 0.6) is 11.5 Å². The van der Waals surface area contributed by atoms with E-state index in [4.69, 9.17) is 25.6 Å². The molecule has 1 aromatic heterocycles. The van der Waals surface area contributed by atoms with Crippen molar-refractivity contribution in [2.24, 2.45) is 0 Å². The normalized spacial score (nSPS) is 17.2. The number of aliphatic hydroxyl groups excluding tert-OH is 1. The molecule has 1 aliphatic heterocycles. The van der Waals surface area contributed by atoms with Crippen molar-refractivity contribution in [2.75, 3.05) is 31.1 Å². The summed E-state index contributed by atoms with van der Waals surface area (Å²) in [6.45, 7) is 5.87. The summed E-state index contributed by atoms with van der Waals surface area (Å²) in [4.78, 5) is 15.5. The maximum atomic E-state index is 12.8. The van der Waals surface area contributed by atoms with Gasteiger partial charge in [0.25, 0.3) is 5.91 Å². The van der Waals surface area contributed by atoms with Crippen LogP contribution in [0.15, 0.2) is 39.5 Å². The monoisotopic (exact) mass is 421 g/mol. The Hall–Kier alpha value is -2.71. The smallest absolute Gasteiger partial charge is 0.275 e. The summed E-state index contributed by atoms with van der Waals surface area (Å²) in [5, 5.41) is 14.8. The highest BCUT2D eigenvalue weighted by atomic mass is 35.5. The van der Waals surface area contributed by atoms with Crippen LogP contribution >= 0.6 is 11.6 Å². The molecule has 1 atom stereocenters. The van der Waals surface area contributed by atoms with Gasteiger partial charge in [-0.1, -0.05) is 37.5 Å². The van der Waals surface area contributed by atoms with Gasteiger partial charge in [-0.05, 0) is 12.1 Å². The molecule has 0 fully saturated rings. The zero-order chi connectivity index (χ0) is 21.5. The number of carbonyl (C=O) groups is 1. The van der Waals surface area contributed by atoms with Crippen LogP contribution in [0.3, 0.4) is 0 Å². The SMILES string of the molecule is COc1ccc(N(C)C2=C(Cl)C(=O)N(c3cc(C(C)(C)C)on3)C2O)c(OC)c1. The Kier molecular flexibility index (Phi) is 5.51. The molecular formula is C20H24ClN3O5. The van der Waals surface area contributed by atoms with Crippen molar-refractivity contribution in [3.05, 3.63) is 40.8 Å². The quantitative estimate of drug-likeness (QED) is 0.792. The van der Waals surface area contributed by atoms with Crippen LogP contribution in [0.1, 0.15) is 26.5 Å². The maximum absolute atomic E-state index is 12.8. The number of aromatic nitrogens is 1. The number of carbonyl (C=O) groups excluding carboxylic acids is 1. The van der Waals surface area contributed by atoms with Crippen molar-refractivity contribution in [2.45, 2.75) is 32.4 Å². The molecular weight excluding hydrogens is 398 g/mol. The van der Waals surface area contributed by atoms with E-state index in [0.29, 0.717) is 22.9 Å². The number of benzene rings is 1. The van der Waals surface area contributed by atoms with Gasteiger partial charge in [-0.25, -0.2) is 0 Å². The van der Waals surface area contributed by atoms with Crippen LogP contribution < -0.4 is 19.3 Å². The Morgan fingerprint density at radius 1 is 1.24 bits per heavy atom. The minimum atomic E-state index is -1.34. The molecule has 3 rings (SSSR count). The van der Waals surface area contributed by atoms with Gasteiger partial charge < -0.3 is 24.0 Å². The molecule has 2 aromatic rings. The molecule has 1 aliphatic rings. The summed E-state index contributed by atoms with van der Waals surface area (Å²) >= 11 is 6.33. The zero-order valence-electron chi connectivity index (χ0n) is 17.2. The summed E-state index contributed by atoms with van der Waals surface area (Å²) in [6, 6.07) is 6.83. The number of ether oxygens (including phenoxy) is 2. The lowest BCUT2D eigenvalue weighted by Gasteiger charge is -2.27. The van der Waals surface area contributed by atoms with Gasteiger partial charge in [0.05, 0.1) is 25.6 Å². The van der Waals surface area contributed by atoms with E-state index in [9.17, 15) is 9.90 Å². The van der Waals surface area contributed by atoms with Gasteiger partial charge in [0, 0.05) is 24.6 Å². The first-order chi connectivity index (χ1) is 13.6. The van der Waals surface area contributed by atoms with E-state index >= 15 is 0 Å². The summed E-state index contributed by atoms with van der Waals surface area (Å²) in [7, 11) is 4.76. The van der Waals surface area contributed by atoms with Crippen molar-refractivity contribution in [3.63, 3.8) is 0 Å². The minimum Gasteiger partial charge on any atom is -0.497 e. The van der Waals surface area contributed by atoms with Crippen molar-refractivity contribution < 1.29 is 23.9 Å². The number of nitrogens with zero attached hydrogens (tertiary/aromatic N) is 3. The Labute approximate surface area is 174 Å². The Morgan fingerprint density at radius 2 is 1.93 bits per heavy atom. The largest absolute Gasteiger partial charge is 0.497 e. The van der Waals surface area contributed by atoms with E-state index in [-0.39, 0.29) is 22.0 Å². The van der Waals surface area contributed by atoms with Crippen LogP contribution in [0, 0.1) is 0 Å². The van der Waals surface area contributed by atoms with E-state index in [1.807, 2.05) is 20.8 Å². The van der Waals surface area contributed by atoms with E-state index in [2.05, 4.69) is 5.16 Å². The highest BCUT2D eigenvalue weighted by molar-refractivity contribution is 6.46. The fourth-order valence-electron chi connectivity index (χ4n) is 3.04. The first-order valence-electron chi connectivity index (χ1n) is 8.94. The average Bonchev–Trinajstić information content (AvgIpc) is 3.24. The van der Waals surface area contributed by atoms with E-state index in [1.165, 1.54) is 7.11 Å². The highest BCUT2D eigenvalue weighted by Crippen LogP contribution is 2.40. The molecule has 1 aromatic carbocycles. The first kappa shape index (κ1) is 21.0. The van der Waals surface area contributed by atoms with Crippen LogP contribution in [-0.2, 0) is 10.2 Å². The number of aliphatic hydroxyl groups is 1. The average molecular weight is 422 g/mol. The number of amides is 1. The lowest BCUT2D eigenvalue weighted by molar-refractivity contribution is -0.115. The number of halogens is 1. The third-order valence-electron chi connectivity index (χ3n) is 4.71. The molecule has 0 radical (unpaired) electrons. The number of likely N-dealkylation sites (N-methyl/N-ethyl adjacent to an activating group) is 1. The fourth-order valence-corrected chi connectivity index (χ4v) is 3.35. The van der Waals surface area contributed by atoms with Crippen molar-refractivity contribution in [1.82, 2.24) is 5.16 Å². The summed E-state index contributed by atoms with van der Waals surface area (Å²) in [5.74, 6) is 1.32. The first-order valence-corrected chi connectivity index (χ1v) is 9.32. The van der Waals surface area contributed by atoms with E-state index in [0.717, 1.165) is 4.90 Å². The van der Waals surface area contributed by atoms with Gasteiger partial charge in [0.2, 0.25) is 0 Å². The molecule has 9 heteroatoms. The van der Waals surface area contributed by atoms with Gasteiger partial charge in [-0.3, -0.25) is 9.69 Å². The molecule has 0 saturated heterocycles. The maximum Gasteiger partial charge on any atom is 0.275 e. The predicted octanol–water partition coefficient (Wildman–Crippen LogP) is 3.24. The summed E-state index contributed by atoms with van der Waals surface area (Å²) in [5.41, 5.74) is 0.512. The standard InChI is InChI=1S/C20H24ClN3O5/c1-20(2,3)14-10-15(22-29-14)24-18(25)16(21)17(19(24)26)23(4)12-8-7-11(27-5)9-13(12)28-6/h7-10,19,26H,1-6H3. The molecule has 1 amide bonds. The molecule has 0 aliphatic carbocycles. The molecule has 0 bridgehead atoms. The molecule has 2 heterocycles. The van der Waals surface area contributed by atoms with Gasteiger partial charge in [0.1, 0.15) is 22.3 Å². The van der Waals surface area contributed by atoms with Gasteiger partial charge >= 0.3 is 0 Å². The second-order valence-corrected chi connectivity index (χ2v) is 8.02. The number of methoxy groups -OCH3 is 2. The molecule has 8 nitrogen and oxygen atoms in total. The van der Waals surface area contributed by atoms with Crippen molar-refractivity contribution >= 4 is 29.0 Å². The van der Waals surface area contributed by atoms with Crippen molar-refractivity contribution in [3.8, 4) is 11.5 Å². The molecule has 156 valence electrons. The van der Waals surface area contributed by atoms with E-state index < -0.39 is 12.1 Å². The van der Waals surface area contributed by atoms with E-state index in [1.54, 1.807) is 43.3 Å². The zero-order valence-corrected chi connectivity index (χ0v) is 17.9. The molecule has 1 N–H and O–H groups in total. The number of hydrogen-bond acceptors (Lipinski definition) is 7. The van der Waals surface area contributed by atoms with Crippen LogP contribution in [0.25, 0.3) is 0 Å². The van der Waals surface area contributed by atoms with Gasteiger partial charge in [-0.2, -0.15) is 0 Å². The molecule has 29 heavy (non-hydrogen) atoms. The minimum absolute atomic E-state index is 0.113. The van der Waals surface area contributed by atoms with Crippen molar-refractivity contribution in [1.29, 1.82) is 0 Å². The molecule has 0 saturated carbocycles. The highest BCUT2D eigenvalue weighted by Gasteiger charge is 2.43. The number of hydrogen-bond donors (Lipinski definition) is 1. The third kappa shape index (κ3) is 3.65.